The Morgan fingerprint density at radius 2 is 1.95 bits per heavy atom. The summed E-state index contributed by atoms with van der Waals surface area (Å²) in [6.07, 6.45) is 0. The van der Waals surface area contributed by atoms with Gasteiger partial charge in [0.2, 0.25) is 15.9 Å². The molecule has 1 rings (SSSR count). The maximum absolute atomic E-state index is 12.0. The Morgan fingerprint density at radius 1 is 1.35 bits per heavy atom. The van der Waals surface area contributed by atoms with Gasteiger partial charge in [-0.15, -0.1) is 0 Å². The van der Waals surface area contributed by atoms with Gasteiger partial charge in [-0.3, -0.25) is 4.79 Å². The third kappa shape index (κ3) is 3.78. The van der Waals surface area contributed by atoms with Crippen molar-refractivity contribution in [3.05, 3.63) is 28.2 Å². The lowest BCUT2D eigenvalue weighted by Crippen LogP contribution is -2.43. The first-order valence-corrected chi connectivity index (χ1v) is 7.73. The van der Waals surface area contributed by atoms with Crippen molar-refractivity contribution in [2.75, 3.05) is 7.05 Å². The van der Waals surface area contributed by atoms with Crippen LogP contribution in [0, 0.1) is 0 Å². The molecule has 0 aromatic heterocycles. The van der Waals surface area contributed by atoms with Crippen molar-refractivity contribution >= 4 is 37.8 Å². The van der Waals surface area contributed by atoms with Crippen LogP contribution in [0.15, 0.2) is 27.6 Å². The molecule has 1 unspecified atom stereocenters. The monoisotopic (exact) mass is 364 g/mol. The fraction of sp³-hybridized carbons (Fsp3) is 0.273. The lowest BCUT2D eigenvalue weighted by molar-refractivity contribution is -0.121. The highest BCUT2D eigenvalue weighted by Gasteiger charge is 2.23. The van der Waals surface area contributed by atoms with Crippen LogP contribution in [0.25, 0.3) is 0 Å². The maximum Gasteiger partial charge on any atom is 0.336 e. The first kappa shape index (κ1) is 16.6. The van der Waals surface area contributed by atoms with E-state index in [1.165, 1.54) is 26.1 Å². The molecule has 0 radical (unpaired) electrons. The van der Waals surface area contributed by atoms with Gasteiger partial charge in [0.1, 0.15) is 0 Å². The van der Waals surface area contributed by atoms with Crippen molar-refractivity contribution < 1.29 is 23.1 Å². The molecule has 110 valence electrons. The number of nitrogens with one attached hydrogen (secondary N) is 2. The van der Waals surface area contributed by atoms with Crippen LogP contribution >= 0.6 is 15.9 Å². The summed E-state index contributed by atoms with van der Waals surface area (Å²) in [4.78, 5) is 22.1. The molecule has 0 saturated carbocycles. The molecule has 0 aliphatic rings. The Morgan fingerprint density at radius 3 is 2.45 bits per heavy atom. The molecule has 3 N–H and O–H groups in total. The summed E-state index contributed by atoms with van der Waals surface area (Å²) < 4.78 is 26.5. The second-order valence-corrected chi connectivity index (χ2v) is 6.47. The van der Waals surface area contributed by atoms with Crippen molar-refractivity contribution in [2.45, 2.75) is 17.9 Å². The number of sulfonamides is 1. The molecule has 1 aromatic rings. The van der Waals surface area contributed by atoms with Crippen molar-refractivity contribution in [1.29, 1.82) is 0 Å². The number of hydrogen-bond donors (Lipinski definition) is 3. The van der Waals surface area contributed by atoms with E-state index >= 15 is 0 Å². The summed E-state index contributed by atoms with van der Waals surface area (Å²) in [6.45, 7) is 1.38. The molecule has 1 amide bonds. The third-order valence-corrected chi connectivity index (χ3v) is 4.68. The molecule has 0 aliphatic heterocycles. The zero-order valence-corrected chi connectivity index (χ0v) is 13.1. The van der Waals surface area contributed by atoms with E-state index in [2.05, 4.69) is 26.0 Å². The predicted molar refractivity (Wildman–Crippen MR) is 75.0 cm³/mol. The Balaban J connectivity index is 3.13. The van der Waals surface area contributed by atoms with Gasteiger partial charge in [-0.2, -0.15) is 4.72 Å². The molecule has 0 fully saturated rings. The number of amides is 1. The lowest BCUT2D eigenvalue weighted by atomic mass is 10.2. The SMILES string of the molecule is CNC(=O)C(C)NS(=O)(=O)c1ccc(Br)c(C(=O)O)c1. The summed E-state index contributed by atoms with van der Waals surface area (Å²) in [7, 11) is -2.60. The minimum atomic E-state index is -3.98. The normalized spacial score (nSPS) is 12.8. The Kier molecular flexibility index (Phi) is 5.26. The number of likely N-dealkylation sites (N-methyl/N-ethyl adjacent to an activating group) is 1. The second-order valence-electron chi connectivity index (χ2n) is 3.90. The van der Waals surface area contributed by atoms with Gasteiger partial charge < -0.3 is 10.4 Å². The smallest absolute Gasteiger partial charge is 0.336 e. The molecular formula is C11H13BrN2O5S. The molecule has 0 spiro atoms. The molecule has 0 bridgehead atoms. The van der Waals surface area contributed by atoms with Gasteiger partial charge in [0.15, 0.2) is 0 Å². The zero-order chi connectivity index (χ0) is 15.5. The van der Waals surface area contributed by atoms with E-state index in [0.29, 0.717) is 0 Å². The summed E-state index contributed by atoms with van der Waals surface area (Å²) >= 11 is 3.02. The van der Waals surface area contributed by atoms with Crippen molar-refractivity contribution in [3.63, 3.8) is 0 Å². The van der Waals surface area contributed by atoms with Gasteiger partial charge in [0.05, 0.1) is 16.5 Å². The van der Waals surface area contributed by atoms with Crippen molar-refractivity contribution in [3.8, 4) is 0 Å². The van der Waals surface area contributed by atoms with Crippen LogP contribution in [-0.2, 0) is 14.8 Å². The predicted octanol–water partition coefficient (Wildman–Crippen LogP) is 0.560. The van der Waals surface area contributed by atoms with E-state index in [1.807, 2.05) is 0 Å². The van der Waals surface area contributed by atoms with E-state index in [9.17, 15) is 18.0 Å². The number of carboxylic acid groups (broad SMARTS) is 1. The number of hydrogen-bond acceptors (Lipinski definition) is 4. The van der Waals surface area contributed by atoms with Gasteiger partial charge in [-0.05, 0) is 41.1 Å². The van der Waals surface area contributed by atoms with Crippen LogP contribution in [0.4, 0.5) is 0 Å². The first-order chi connectivity index (χ1) is 9.19. The standard InChI is InChI=1S/C11H13BrN2O5S/c1-6(10(15)13-2)14-20(18,19)7-3-4-9(12)8(5-7)11(16)17/h3-6,14H,1-2H3,(H,13,15)(H,16,17). The summed E-state index contributed by atoms with van der Waals surface area (Å²) in [5.41, 5.74) is -0.180. The second kappa shape index (κ2) is 6.33. The molecule has 0 saturated heterocycles. The number of carboxylic acids is 1. The zero-order valence-electron chi connectivity index (χ0n) is 10.7. The minimum Gasteiger partial charge on any atom is -0.478 e. The molecule has 7 nitrogen and oxygen atoms in total. The molecule has 9 heteroatoms. The third-order valence-electron chi connectivity index (χ3n) is 2.45. The van der Waals surface area contributed by atoms with Gasteiger partial charge in [-0.25, -0.2) is 13.2 Å². The van der Waals surface area contributed by atoms with E-state index in [1.54, 1.807) is 0 Å². The summed E-state index contributed by atoms with van der Waals surface area (Å²) in [6, 6.07) is 2.62. The number of carbonyl (C=O) groups is 2. The molecular weight excluding hydrogens is 352 g/mol. The van der Waals surface area contributed by atoms with Gasteiger partial charge in [0.25, 0.3) is 0 Å². The number of benzene rings is 1. The van der Waals surface area contributed by atoms with Crippen LogP contribution in [-0.4, -0.2) is 38.5 Å². The Bertz CT molecular complexity index is 644. The number of rotatable bonds is 5. The molecule has 0 aliphatic carbocycles. The molecule has 1 atom stereocenters. The van der Waals surface area contributed by atoms with E-state index in [0.717, 1.165) is 6.07 Å². The minimum absolute atomic E-state index is 0.180. The summed E-state index contributed by atoms with van der Waals surface area (Å²) in [5, 5.41) is 11.3. The number of aromatic carboxylic acids is 1. The number of carbonyl (C=O) groups excluding carboxylic acids is 1. The van der Waals surface area contributed by atoms with Gasteiger partial charge in [-0.1, -0.05) is 0 Å². The van der Waals surface area contributed by atoms with Crippen molar-refractivity contribution in [2.24, 2.45) is 0 Å². The maximum atomic E-state index is 12.0. The fourth-order valence-corrected chi connectivity index (χ4v) is 3.05. The van der Waals surface area contributed by atoms with E-state index in [-0.39, 0.29) is 14.9 Å². The lowest BCUT2D eigenvalue weighted by Gasteiger charge is -2.13. The van der Waals surface area contributed by atoms with Crippen LogP contribution in [0.2, 0.25) is 0 Å². The molecule has 0 heterocycles. The van der Waals surface area contributed by atoms with E-state index in [4.69, 9.17) is 5.11 Å². The van der Waals surface area contributed by atoms with Gasteiger partial charge >= 0.3 is 5.97 Å². The Hall–Kier alpha value is -1.45. The van der Waals surface area contributed by atoms with Crippen LogP contribution in [0.5, 0.6) is 0 Å². The fourth-order valence-electron chi connectivity index (χ4n) is 1.41. The largest absolute Gasteiger partial charge is 0.478 e. The van der Waals surface area contributed by atoms with Crippen LogP contribution in [0.1, 0.15) is 17.3 Å². The van der Waals surface area contributed by atoms with Crippen LogP contribution < -0.4 is 10.0 Å². The average molecular weight is 365 g/mol. The molecule has 20 heavy (non-hydrogen) atoms. The molecule has 1 aromatic carbocycles. The van der Waals surface area contributed by atoms with Crippen molar-refractivity contribution in [1.82, 2.24) is 10.0 Å². The highest BCUT2D eigenvalue weighted by atomic mass is 79.9. The van der Waals surface area contributed by atoms with Gasteiger partial charge in [0, 0.05) is 11.5 Å². The average Bonchev–Trinajstić information content (AvgIpc) is 2.36. The highest BCUT2D eigenvalue weighted by molar-refractivity contribution is 9.10. The summed E-state index contributed by atoms with van der Waals surface area (Å²) in [5.74, 6) is -1.75. The van der Waals surface area contributed by atoms with Crippen LogP contribution in [0.3, 0.4) is 0 Å². The highest BCUT2D eigenvalue weighted by Crippen LogP contribution is 2.21. The first-order valence-electron chi connectivity index (χ1n) is 5.46. The quantitative estimate of drug-likeness (QED) is 0.706. The number of halogens is 1. The van der Waals surface area contributed by atoms with E-state index < -0.39 is 27.9 Å². The topological polar surface area (TPSA) is 113 Å². The Labute approximate surface area is 124 Å².